The number of halogens is 1. The Bertz CT molecular complexity index is 1140. The minimum absolute atomic E-state index is 0.0505. The number of benzene rings is 2. The molecule has 2 unspecified atom stereocenters. The fourth-order valence-corrected chi connectivity index (χ4v) is 4.76. The minimum atomic E-state index is -0.893. The molecule has 0 bridgehead atoms. The number of rotatable bonds is 6. The standard InChI is InChI=1S/C25H28FN3O3/c1-3-21(24(30)31)29-22-11-9-17(26)13-19(22)20-14-18(10-12-23(20)29)28(2)25(32)27-15-16-7-5-4-6-8-16/h4-9,11,13,18,21H,3,10,12,14-15H2,1-2H3,(H,27,32)(H,30,31). The predicted octanol–water partition coefficient (Wildman–Crippen LogP) is 4.52. The Kier molecular flexibility index (Phi) is 6.17. The van der Waals surface area contributed by atoms with Gasteiger partial charge in [0, 0.05) is 36.2 Å². The number of amides is 2. The molecule has 0 aliphatic heterocycles. The van der Waals surface area contributed by atoms with Crippen molar-refractivity contribution in [2.24, 2.45) is 0 Å². The third-order valence-corrected chi connectivity index (χ3v) is 6.47. The first-order chi connectivity index (χ1) is 15.4. The number of aromatic nitrogens is 1. The molecule has 0 fully saturated rings. The normalized spacial score (nSPS) is 16.4. The molecule has 1 aromatic heterocycles. The van der Waals surface area contributed by atoms with Crippen molar-refractivity contribution in [3.63, 3.8) is 0 Å². The lowest BCUT2D eigenvalue weighted by molar-refractivity contribution is -0.140. The lowest BCUT2D eigenvalue weighted by Crippen LogP contribution is -2.45. The van der Waals surface area contributed by atoms with Gasteiger partial charge in [0.05, 0.1) is 0 Å². The van der Waals surface area contributed by atoms with E-state index in [1.54, 1.807) is 18.0 Å². The van der Waals surface area contributed by atoms with E-state index in [9.17, 15) is 19.1 Å². The zero-order chi connectivity index (χ0) is 22.8. The van der Waals surface area contributed by atoms with Crippen LogP contribution in [0.15, 0.2) is 48.5 Å². The third-order valence-electron chi connectivity index (χ3n) is 6.47. The van der Waals surface area contributed by atoms with E-state index in [0.29, 0.717) is 25.8 Å². The molecule has 32 heavy (non-hydrogen) atoms. The van der Waals surface area contributed by atoms with Crippen molar-refractivity contribution in [2.45, 2.75) is 51.2 Å². The maximum Gasteiger partial charge on any atom is 0.326 e. The van der Waals surface area contributed by atoms with Gasteiger partial charge in [0.1, 0.15) is 11.9 Å². The van der Waals surface area contributed by atoms with Gasteiger partial charge in [0.2, 0.25) is 0 Å². The van der Waals surface area contributed by atoms with E-state index >= 15 is 0 Å². The Hall–Kier alpha value is -3.35. The van der Waals surface area contributed by atoms with Gasteiger partial charge in [0.15, 0.2) is 0 Å². The fourth-order valence-electron chi connectivity index (χ4n) is 4.76. The molecule has 1 heterocycles. The summed E-state index contributed by atoms with van der Waals surface area (Å²) in [5.74, 6) is -1.24. The van der Waals surface area contributed by atoms with Crippen molar-refractivity contribution < 1.29 is 19.1 Å². The number of fused-ring (bicyclic) bond motifs is 3. The summed E-state index contributed by atoms with van der Waals surface area (Å²) in [6, 6.07) is 13.3. The minimum Gasteiger partial charge on any atom is -0.480 e. The molecule has 0 spiro atoms. The maximum absolute atomic E-state index is 14.1. The van der Waals surface area contributed by atoms with Crippen molar-refractivity contribution in [1.29, 1.82) is 0 Å². The van der Waals surface area contributed by atoms with Crippen molar-refractivity contribution in [3.8, 4) is 0 Å². The van der Waals surface area contributed by atoms with Gasteiger partial charge in [-0.05, 0) is 55.0 Å². The van der Waals surface area contributed by atoms with Crippen LogP contribution in [0.1, 0.15) is 42.6 Å². The van der Waals surface area contributed by atoms with Crippen LogP contribution >= 0.6 is 0 Å². The summed E-state index contributed by atoms with van der Waals surface area (Å²) in [5.41, 5.74) is 3.65. The van der Waals surface area contributed by atoms with Crippen molar-refractivity contribution >= 4 is 22.9 Å². The van der Waals surface area contributed by atoms with Crippen LogP contribution in [-0.2, 0) is 24.2 Å². The monoisotopic (exact) mass is 437 g/mol. The highest BCUT2D eigenvalue weighted by molar-refractivity contribution is 5.88. The second-order valence-electron chi connectivity index (χ2n) is 8.37. The van der Waals surface area contributed by atoms with E-state index < -0.39 is 12.0 Å². The quantitative estimate of drug-likeness (QED) is 0.596. The SMILES string of the molecule is CCC(C(=O)O)n1c2c(c3cc(F)ccc31)CC(N(C)C(=O)NCc1ccccc1)CC2. The third kappa shape index (κ3) is 4.07. The summed E-state index contributed by atoms with van der Waals surface area (Å²) < 4.78 is 16.0. The zero-order valence-electron chi connectivity index (χ0n) is 18.3. The Labute approximate surface area is 186 Å². The van der Waals surface area contributed by atoms with E-state index in [1.807, 2.05) is 41.8 Å². The summed E-state index contributed by atoms with van der Waals surface area (Å²) in [7, 11) is 1.78. The van der Waals surface area contributed by atoms with Crippen LogP contribution in [0.5, 0.6) is 0 Å². The molecular formula is C25H28FN3O3. The average Bonchev–Trinajstić information content (AvgIpc) is 3.10. The number of nitrogens with zero attached hydrogens (tertiary/aromatic N) is 2. The molecule has 4 rings (SSSR count). The van der Waals surface area contributed by atoms with Crippen LogP contribution in [0.2, 0.25) is 0 Å². The molecule has 2 amide bonds. The highest BCUT2D eigenvalue weighted by atomic mass is 19.1. The van der Waals surface area contributed by atoms with E-state index in [-0.39, 0.29) is 17.9 Å². The van der Waals surface area contributed by atoms with Gasteiger partial charge in [-0.25, -0.2) is 14.0 Å². The Balaban J connectivity index is 1.60. The van der Waals surface area contributed by atoms with Crippen LogP contribution < -0.4 is 5.32 Å². The number of carbonyl (C=O) groups excluding carboxylic acids is 1. The topological polar surface area (TPSA) is 74.6 Å². The number of hydrogen-bond donors (Lipinski definition) is 2. The number of hydrogen-bond acceptors (Lipinski definition) is 2. The van der Waals surface area contributed by atoms with E-state index in [4.69, 9.17) is 0 Å². The van der Waals surface area contributed by atoms with Crippen molar-refractivity contribution in [3.05, 3.63) is 71.2 Å². The second-order valence-corrected chi connectivity index (χ2v) is 8.37. The number of urea groups is 1. The highest BCUT2D eigenvalue weighted by Gasteiger charge is 2.32. The van der Waals surface area contributed by atoms with Gasteiger partial charge in [-0.15, -0.1) is 0 Å². The Morgan fingerprint density at radius 1 is 1.25 bits per heavy atom. The first-order valence-electron chi connectivity index (χ1n) is 11.0. The largest absolute Gasteiger partial charge is 0.480 e. The molecule has 3 aromatic rings. The molecule has 2 aromatic carbocycles. The van der Waals surface area contributed by atoms with Crippen LogP contribution in [0.4, 0.5) is 9.18 Å². The fraction of sp³-hybridized carbons (Fsp3) is 0.360. The van der Waals surface area contributed by atoms with E-state index in [0.717, 1.165) is 34.1 Å². The molecule has 168 valence electrons. The number of carboxylic acid groups (broad SMARTS) is 1. The molecule has 0 saturated heterocycles. The number of carboxylic acids is 1. The lowest BCUT2D eigenvalue weighted by Gasteiger charge is -2.32. The Morgan fingerprint density at radius 2 is 2.00 bits per heavy atom. The summed E-state index contributed by atoms with van der Waals surface area (Å²) in [6.45, 7) is 2.29. The molecule has 1 aliphatic carbocycles. The molecule has 7 heteroatoms. The van der Waals surface area contributed by atoms with Crippen molar-refractivity contribution in [1.82, 2.24) is 14.8 Å². The average molecular weight is 438 g/mol. The first-order valence-corrected chi connectivity index (χ1v) is 11.0. The maximum atomic E-state index is 14.1. The zero-order valence-corrected chi connectivity index (χ0v) is 18.3. The highest BCUT2D eigenvalue weighted by Crippen LogP contribution is 2.37. The van der Waals surface area contributed by atoms with Gasteiger partial charge >= 0.3 is 12.0 Å². The summed E-state index contributed by atoms with van der Waals surface area (Å²) in [6.07, 6.45) is 2.36. The van der Waals surface area contributed by atoms with Gasteiger partial charge in [-0.2, -0.15) is 0 Å². The lowest BCUT2D eigenvalue weighted by atomic mass is 9.90. The molecule has 0 saturated carbocycles. The molecule has 2 N–H and O–H groups in total. The molecule has 0 radical (unpaired) electrons. The van der Waals surface area contributed by atoms with Gasteiger partial charge in [-0.1, -0.05) is 37.3 Å². The van der Waals surface area contributed by atoms with Crippen LogP contribution in [0, 0.1) is 5.82 Å². The number of aliphatic carboxylic acids is 1. The van der Waals surface area contributed by atoms with E-state index in [2.05, 4.69) is 5.32 Å². The van der Waals surface area contributed by atoms with Crippen LogP contribution in [-0.4, -0.2) is 39.7 Å². The van der Waals surface area contributed by atoms with Gasteiger partial charge in [-0.3, -0.25) is 0 Å². The molecule has 1 aliphatic rings. The summed E-state index contributed by atoms with van der Waals surface area (Å²) in [4.78, 5) is 26.4. The summed E-state index contributed by atoms with van der Waals surface area (Å²) in [5, 5.41) is 13.5. The molecular weight excluding hydrogens is 409 g/mol. The van der Waals surface area contributed by atoms with Crippen LogP contribution in [0.3, 0.4) is 0 Å². The predicted molar refractivity (Wildman–Crippen MR) is 121 cm³/mol. The second kappa shape index (κ2) is 9.02. The molecule has 6 nitrogen and oxygen atoms in total. The van der Waals surface area contributed by atoms with Crippen molar-refractivity contribution in [2.75, 3.05) is 7.05 Å². The number of likely N-dealkylation sites (N-methyl/N-ethyl adjacent to an activating group) is 1. The summed E-state index contributed by atoms with van der Waals surface area (Å²) >= 11 is 0. The van der Waals surface area contributed by atoms with Gasteiger partial charge in [0.25, 0.3) is 0 Å². The smallest absolute Gasteiger partial charge is 0.326 e. The first kappa shape index (κ1) is 21.9. The van der Waals surface area contributed by atoms with Crippen LogP contribution in [0.25, 0.3) is 10.9 Å². The molecule has 2 atom stereocenters. The van der Waals surface area contributed by atoms with E-state index in [1.165, 1.54) is 12.1 Å². The Morgan fingerprint density at radius 3 is 2.69 bits per heavy atom. The number of carbonyl (C=O) groups is 2. The number of nitrogens with one attached hydrogen (secondary N) is 1. The van der Waals surface area contributed by atoms with Gasteiger partial charge < -0.3 is 19.9 Å².